The van der Waals surface area contributed by atoms with Crippen LogP contribution in [0.1, 0.15) is 46.5 Å². The number of nitrogens with two attached hydrogens (primary N) is 1. The molecule has 0 aromatic rings. The topological polar surface area (TPSA) is 26.0 Å². The van der Waals surface area contributed by atoms with Crippen LogP contribution in [-0.4, -0.2) is 16.5 Å². The molecule has 0 aliphatic heterocycles. The van der Waals surface area contributed by atoms with Gasteiger partial charge < -0.3 is 5.73 Å². The Morgan fingerprint density at radius 1 is 1.38 bits per heavy atom. The van der Waals surface area contributed by atoms with Gasteiger partial charge in [-0.05, 0) is 36.9 Å². The van der Waals surface area contributed by atoms with Gasteiger partial charge in [0.1, 0.15) is 0 Å². The Morgan fingerprint density at radius 3 is 2.31 bits per heavy atom. The molecule has 2 N–H and O–H groups in total. The van der Waals surface area contributed by atoms with Gasteiger partial charge in [-0.3, -0.25) is 0 Å². The Bertz CT molecular complexity index is 148. The van der Waals surface area contributed by atoms with Crippen LogP contribution in [0.4, 0.5) is 0 Å². The minimum atomic E-state index is 0.417. The van der Waals surface area contributed by atoms with Gasteiger partial charge in [-0.1, -0.05) is 20.8 Å². The van der Waals surface area contributed by atoms with Gasteiger partial charge in [0, 0.05) is 11.3 Å². The van der Waals surface area contributed by atoms with Crippen molar-refractivity contribution in [3.05, 3.63) is 0 Å². The van der Waals surface area contributed by atoms with E-state index in [0.717, 1.165) is 17.7 Å². The summed E-state index contributed by atoms with van der Waals surface area (Å²) in [5.41, 5.74) is 5.91. The molecule has 1 aliphatic carbocycles. The van der Waals surface area contributed by atoms with Crippen LogP contribution in [-0.2, 0) is 0 Å². The van der Waals surface area contributed by atoms with Crippen molar-refractivity contribution in [3.8, 4) is 0 Å². The summed E-state index contributed by atoms with van der Waals surface area (Å²) >= 11 is 2.10. The van der Waals surface area contributed by atoms with E-state index >= 15 is 0 Å². The van der Waals surface area contributed by atoms with Crippen LogP contribution in [0.5, 0.6) is 0 Å². The van der Waals surface area contributed by atoms with E-state index in [4.69, 9.17) is 5.73 Å². The third kappa shape index (κ3) is 3.17. The van der Waals surface area contributed by atoms with E-state index in [1.165, 1.54) is 25.7 Å². The summed E-state index contributed by atoms with van der Waals surface area (Å²) < 4.78 is 0.417. The van der Waals surface area contributed by atoms with Crippen LogP contribution in [0.3, 0.4) is 0 Å². The molecule has 0 aromatic heterocycles. The number of hydrogen-bond donors (Lipinski definition) is 1. The van der Waals surface area contributed by atoms with Crippen molar-refractivity contribution in [2.45, 2.75) is 56.5 Å². The second-order valence-electron chi connectivity index (χ2n) is 4.74. The highest BCUT2D eigenvalue weighted by Crippen LogP contribution is 2.42. The molecule has 1 saturated carbocycles. The Kier molecular flexibility index (Phi) is 4.11. The predicted molar refractivity (Wildman–Crippen MR) is 62.1 cm³/mol. The van der Waals surface area contributed by atoms with E-state index in [0.29, 0.717) is 4.75 Å². The fraction of sp³-hybridized carbons (Fsp3) is 1.00. The zero-order valence-electron chi connectivity index (χ0n) is 9.18. The van der Waals surface area contributed by atoms with Crippen LogP contribution < -0.4 is 5.73 Å². The van der Waals surface area contributed by atoms with Crippen LogP contribution in [0, 0.1) is 5.92 Å². The molecule has 0 bridgehead atoms. The van der Waals surface area contributed by atoms with Gasteiger partial charge >= 0.3 is 0 Å². The van der Waals surface area contributed by atoms with Crippen molar-refractivity contribution in [1.29, 1.82) is 0 Å². The van der Waals surface area contributed by atoms with Crippen molar-refractivity contribution in [3.63, 3.8) is 0 Å². The maximum atomic E-state index is 5.91. The first-order chi connectivity index (χ1) is 6.08. The predicted octanol–water partition coefficient (Wildman–Crippen LogP) is 3.04. The third-order valence-corrected chi connectivity index (χ3v) is 4.59. The minimum Gasteiger partial charge on any atom is -0.329 e. The first-order valence-electron chi connectivity index (χ1n) is 5.46. The molecule has 1 nitrogen and oxygen atoms in total. The molecule has 13 heavy (non-hydrogen) atoms. The van der Waals surface area contributed by atoms with Gasteiger partial charge in [-0.25, -0.2) is 0 Å². The second kappa shape index (κ2) is 4.70. The van der Waals surface area contributed by atoms with Gasteiger partial charge in [0.25, 0.3) is 0 Å². The summed E-state index contributed by atoms with van der Waals surface area (Å²) in [6, 6.07) is 0. The lowest BCUT2D eigenvalue weighted by Crippen LogP contribution is -2.39. The molecule has 0 atom stereocenters. The van der Waals surface area contributed by atoms with Crippen molar-refractivity contribution in [2.75, 3.05) is 6.54 Å². The summed E-state index contributed by atoms with van der Waals surface area (Å²) in [5.74, 6) is 0.924. The highest BCUT2D eigenvalue weighted by atomic mass is 32.2. The van der Waals surface area contributed by atoms with E-state index in [-0.39, 0.29) is 0 Å². The molecule has 0 radical (unpaired) electrons. The van der Waals surface area contributed by atoms with Crippen LogP contribution in [0.15, 0.2) is 0 Å². The summed E-state index contributed by atoms with van der Waals surface area (Å²) in [6.45, 7) is 7.78. The molecule has 1 aliphatic rings. The monoisotopic (exact) mass is 201 g/mol. The maximum absolute atomic E-state index is 5.91. The van der Waals surface area contributed by atoms with Crippen LogP contribution >= 0.6 is 11.8 Å². The zero-order chi connectivity index (χ0) is 9.90. The molecular weight excluding hydrogens is 178 g/mol. The Labute approximate surface area is 86.8 Å². The van der Waals surface area contributed by atoms with E-state index < -0.39 is 0 Å². The minimum absolute atomic E-state index is 0.417. The Morgan fingerprint density at radius 2 is 1.92 bits per heavy atom. The maximum Gasteiger partial charge on any atom is 0.0285 e. The van der Waals surface area contributed by atoms with E-state index in [9.17, 15) is 0 Å². The highest BCUT2D eigenvalue weighted by Gasteiger charge is 2.33. The molecule has 2 heteroatoms. The fourth-order valence-corrected chi connectivity index (χ4v) is 3.73. The lowest BCUT2D eigenvalue weighted by atomic mass is 9.82. The lowest BCUT2D eigenvalue weighted by Gasteiger charge is -2.39. The van der Waals surface area contributed by atoms with E-state index in [1.54, 1.807) is 0 Å². The van der Waals surface area contributed by atoms with Crippen molar-refractivity contribution in [2.24, 2.45) is 11.7 Å². The summed E-state index contributed by atoms with van der Waals surface area (Å²) in [4.78, 5) is 0. The quantitative estimate of drug-likeness (QED) is 0.759. The Hall–Kier alpha value is 0.310. The smallest absolute Gasteiger partial charge is 0.0285 e. The van der Waals surface area contributed by atoms with Gasteiger partial charge in [-0.2, -0.15) is 11.8 Å². The van der Waals surface area contributed by atoms with Gasteiger partial charge in [0.2, 0.25) is 0 Å². The number of hydrogen-bond acceptors (Lipinski definition) is 2. The molecule has 78 valence electrons. The van der Waals surface area contributed by atoms with Gasteiger partial charge in [-0.15, -0.1) is 0 Å². The lowest BCUT2D eigenvalue weighted by molar-refractivity contribution is 0.323. The molecule has 0 amide bonds. The first-order valence-corrected chi connectivity index (χ1v) is 6.34. The summed E-state index contributed by atoms with van der Waals surface area (Å²) in [5, 5.41) is 0.719. The van der Waals surface area contributed by atoms with Crippen molar-refractivity contribution >= 4 is 11.8 Å². The molecule has 1 rings (SSSR count). The van der Waals surface area contributed by atoms with Crippen LogP contribution in [0.2, 0.25) is 0 Å². The highest BCUT2D eigenvalue weighted by molar-refractivity contribution is 8.01. The largest absolute Gasteiger partial charge is 0.329 e. The molecule has 0 heterocycles. The number of rotatable bonds is 3. The summed E-state index contributed by atoms with van der Waals surface area (Å²) in [6.07, 6.45) is 5.40. The molecule has 0 aromatic carbocycles. The Balaban J connectivity index is 2.50. The third-order valence-electron chi connectivity index (χ3n) is 3.04. The average Bonchev–Trinajstić information content (AvgIpc) is 2.09. The zero-order valence-corrected chi connectivity index (χ0v) is 9.99. The number of thioether (sulfide) groups is 1. The average molecular weight is 201 g/mol. The summed E-state index contributed by atoms with van der Waals surface area (Å²) in [7, 11) is 0. The molecule has 0 saturated heterocycles. The standard InChI is InChI=1S/C11H23NS/c1-9(2)13-11(8-12)6-4-10(3)5-7-11/h9-10H,4-8,12H2,1-3H3. The van der Waals surface area contributed by atoms with E-state index in [1.807, 2.05) is 0 Å². The molecule has 1 fully saturated rings. The normalized spacial score (nSPS) is 35.3. The second-order valence-corrected chi connectivity index (χ2v) is 6.78. The first kappa shape index (κ1) is 11.4. The van der Waals surface area contributed by atoms with Gasteiger partial charge in [0.05, 0.1) is 0 Å². The molecule has 0 unspecified atom stereocenters. The van der Waals surface area contributed by atoms with E-state index in [2.05, 4.69) is 32.5 Å². The SMILES string of the molecule is CC1CCC(CN)(SC(C)C)CC1. The van der Waals surface area contributed by atoms with Gasteiger partial charge in [0.15, 0.2) is 0 Å². The fourth-order valence-electron chi connectivity index (χ4n) is 2.16. The molecular formula is C11H23NS. The molecule has 0 spiro atoms. The van der Waals surface area contributed by atoms with Crippen molar-refractivity contribution in [1.82, 2.24) is 0 Å². The van der Waals surface area contributed by atoms with Crippen molar-refractivity contribution < 1.29 is 0 Å². The van der Waals surface area contributed by atoms with Crippen LogP contribution in [0.25, 0.3) is 0 Å².